The Morgan fingerprint density at radius 3 is 2.88 bits per heavy atom. The van der Waals surface area contributed by atoms with E-state index in [9.17, 15) is 13.2 Å². The molecule has 26 heavy (non-hydrogen) atoms. The maximum atomic E-state index is 14.7. The lowest BCUT2D eigenvalue weighted by atomic mass is 10.1. The first-order valence-corrected chi connectivity index (χ1v) is 9.03. The normalized spacial score (nSPS) is 14.3. The average Bonchev–Trinajstić information content (AvgIpc) is 3.03. The van der Waals surface area contributed by atoms with Gasteiger partial charge in [0.25, 0.3) is 0 Å². The molecule has 0 bridgehead atoms. The van der Waals surface area contributed by atoms with Gasteiger partial charge in [-0.05, 0) is 36.2 Å². The van der Waals surface area contributed by atoms with Crippen molar-refractivity contribution in [2.45, 2.75) is 6.42 Å². The van der Waals surface area contributed by atoms with E-state index in [1.807, 2.05) is 11.0 Å². The van der Waals surface area contributed by atoms with Crippen LogP contribution in [0.2, 0.25) is 0 Å². The van der Waals surface area contributed by atoms with Crippen LogP contribution in [-0.2, 0) is 17.7 Å². The van der Waals surface area contributed by atoms with E-state index in [2.05, 4.69) is 9.71 Å². The van der Waals surface area contributed by atoms with Crippen LogP contribution in [0.3, 0.4) is 0 Å². The first-order chi connectivity index (χ1) is 12.6. The van der Waals surface area contributed by atoms with Gasteiger partial charge in [0.2, 0.25) is 0 Å². The SMILES string of the molecule is COc1cc(F)c2c(N3CCc4cc(NS(=O)[O-])ccc43)ccnc2c1. The highest BCUT2D eigenvalue weighted by Crippen LogP contribution is 2.40. The van der Waals surface area contributed by atoms with Crippen molar-refractivity contribution in [1.29, 1.82) is 0 Å². The number of hydrogen-bond acceptors (Lipinski definition) is 5. The Hall–Kier alpha value is -2.71. The summed E-state index contributed by atoms with van der Waals surface area (Å²) < 4.78 is 43.8. The molecule has 0 saturated heterocycles. The molecule has 0 spiro atoms. The number of nitrogens with zero attached hydrogens (tertiary/aromatic N) is 2. The van der Waals surface area contributed by atoms with E-state index in [0.717, 1.165) is 23.4 Å². The monoisotopic (exact) mass is 372 g/mol. The molecule has 0 amide bonds. The van der Waals surface area contributed by atoms with Crippen LogP contribution >= 0.6 is 0 Å². The van der Waals surface area contributed by atoms with Crippen molar-refractivity contribution in [3.8, 4) is 5.75 Å². The summed E-state index contributed by atoms with van der Waals surface area (Å²) in [5, 5.41) is 0.434. The summed E-state index contributed by atoms with van der Waals surface area (Å²) in [5.41, 5.74) is 3.68. The van der Waals surface area contributed by atoms with Gasteiger partial charge in [-0.3, -0.25) is 9.19 Å². The lowest BCUT2D eigenvalue weighted by Crippen LogP contribution is -2.14. The Morgan fingerprint density at radius 2 is 2.12 bits per heavy atom. The third-order valence-corrected chi connectivity index (χ3v) is 4.85. The summed E-state index contributed by atoms with van der Waals surface area (Å²) in [7, 11) is 1.49. The highest BCUT2D eigenvalue weighted by Gasteiger charge is 2.24. The van der Waals surface area contributed by atoms with Crippen molar-refractivity contribution in [3.63, 3.8) is 0 Å². The molecule has 0 radical (unpaired) electrons. The van der Waals surface area contributed by atoms with Gasteiger partial charge in [-0.25, -0.2) is 4.39 Å². The Morgan fingerprint density at radius 1 is 1.27 bits per heavy atom. The molecule has 4 rings (SSSR count). The molecular formula is C18H15FN3O3S-. The van der Waals surface area contributed by atoms with Crippen LogP contribution in [0.25, 0.3) is 10.9 Å². The van der Waals surface area contributed by atoms with Gasteiger partial charge in [0.15, 0.2) is 0 Å². The second kappa shape index (κ2) is 6.54. The molecule has 2 heterocycles. The van der Waals surface area contributed by atoms with Crippen LogP contribution in [0.15, 0.2) is 42.6 Å². The molecule has 8 heteroatoms. The predicted molar refractivity (Wildman–Crippen MR) is 97.9 cm³/mol. The first kappa shape index (κ1) is 16.7. The van der Waals surface area contributed by atoms with Crippen LogP contribution in [0.4, 0.5) is 21.5 Å². The quantitative estimate of drug-likeness (QED) is 0.711. The third kappa shape index (κ3) is 2.87. The molecule has 0 fully saturated rings. The number of methoxy groups -OCH3 is 1. The minimum Gasteiger partial charge on any atom is -0.755 e. The Bertz CT molecular complexity index is 1030. The fraction of sp³-hybridized carbons (Fsp3) is 0.167. The molecule has 6 nitrogen and oxygen atoms in total. The van der Waals surface area contributed by atoms with E-state index < -0.39 is 17.1 Å². The highest BCUT2D eigenvalue weighted by molar-refractivity contribution is 7.80. The number of anilines is 3. The molecule has 0 saturated carbocycles. The van der Waals surface area contributed by atoms with Crippen molar-refractivity contribution in [1.82, 2.24) is 4.98 Å². The maximum absolute atomic E-state index is 14.7. The van der Waals surface area contributed by atoms with Gasteiger partial charge in [-0.15, -0.1) is 0 Å². The summed E-state index contributed by atoms with van der Waals surface area (Å²) in [6.45, 7) is 0.670. The second-order valence-corrected chi connectivity index (χ2v) is 6.59. The van der Waals surface area contributed by atoms with Gasteiger partial charge in [0.1, 0.15) is 11.6 Å². The summed E-state index contributed by atoms with van der Waals surface area (Å²) >= 11 is -2.37. The average molecular weight is 372 g/mol. The zero-order valence-electron chi connectivity index (χ0n) is 13.9. The molecule has 1 unspecified atom stereocenters. The number of pyridine rings is 1. The first-order valence-electron chi connectivity index (χ1n) is 7.95. The molecule has 3 aromatic rings. The number of aromatic nitrogens is 1. The van der Waals surface area contributed by atoms with Crippen LogP contribution in [-0.4, -0.2) is 27.4 Å². The Balaban J connectivity index is 1.80. The molecule has 1 atom stereocenters. The standard InChI is InChI=1S/C18H16FN3O3S/c1-25-13-9-14(19)18-15(10-13)20-6-4-17(18)22-7-5-11-8-12(21-26(23)24)2-3-16(11)22/h2-4,6,8-10,21H,5,7H2,1H3,(H,23,24)/p-1. The maximum Gasteiger partial charge on any atom is 0.138 e. The minimum atomic E-state index is -2.37. The Kier molecular flexibility index (Phi) is 4.21. The van der Waals surface area contributed by atoms with Crippen molar-refractivity contribution in [2.24, 2.45) is 0 Å². The van der Waals surface area contributed by atoms with E-state index in [-0.39, 0.29) is 0 Å². The molecule has 1 aliphatic heterocycles. The summed E-state index contributed by atoms with van der Waals surface area (Å²) in [4.78, 5) is 6.28. The van der Waals surface area contributed by atoms with Crippen LogP contribution in [0, 0.1) is 5.82 Å². The summed E-state index contributed by atoms with van der Waals surface area (Å²) in [5.74, 6) is 0.0266. The minimum absolute atomic E-state index is 0.393. The number of rotatable bonds is 4. The van der Waals surface area contributed by atoms with Gasteiger partial charge >= 0.3 is 0 Å². The van der Waals surface area contributed by atoms with E-state index in [1.54, 1.807) is 30.5 Å². The van der Waals surface area contributed by atoms with Crippen molar-refractivity contribution in [2.75, 3.05) is 23.3 Å². The zero-order valence-corrected chi connectivity index (χ0v) is 14.7. The van der Waals surface area contributed by atoms with Gasteiger partial charge in [-0.1, -0.05) is 0 Å². The number of halogens is 1. The van der Waals surface area contributed by atoms with Gasteiger partial charge < -0.3 is 18.9 Å². The van der Waals surface area contributed by atoms with Crippen molar-refractivity contribution >= 4 is 39.2 Å². The molecule has 1 aliphatic rings. The molecular weight excluding hydrogens is 357 g/mol. The lowest BCUT2D eigenvalue weighted by molar-refractivity contribution is 0.412. The molecule has 2 aromatic carbocycles. The van der Waals surface area contributed by atoms with Crippen LogP contribution < -0.4 is 14.4 Å². The van der Waals surface area contributed by atoms with Crippen LogP contribution in [0.5, 0.6) is 5.75 Å². The van der Waals surface area contributed by atoms with Crippen LogP contribution in [0.1, 0.15) is 5.56 Å². The van der Waals surface area contributed by atoms with E-state index >= 15 is 0 Å². The molecule has 134 valence electrons. The summed E-state index contributed by atoms with van der Waals surface area (Å²) in [6, 6.07) is 10.2. The second-order valence-electron chi connectivity index (χ2n) is 5.92. The van der Waals surface area contributed by atoms with Crippen molar-refractivity contribution < 1.29 is 17.9 Å². The third-order valence-electron chi connectivity index (χ3n) is 4.45. The number of nitrogens with one attached hydrogen (secondary N) is 1. The fourth-order valence-electron chi connectivity index (χ4n) is 3.35. The smallest absolute Gasteiger partial charge is 0.138 e. The van der Waals surface area contributed by atoms with Gasteiger partial charge in [0, 0.05) is 47.5 Å². The topological polar surface area (TPSA) is 77.5 Å². The summed E-state index contributed by atoms with van der Waals surface area (Å²) in [6.07, 6.45) is 2.38. The molecule has 0 aliphatic carbocycles. The molecule has 1 aromatic heterocycles. The van der Waals surface area contributed by atoms with E-state index in [4.69, 9.17) is 4.74 Å². The fourth-order valence-corrected chi connectivity index (χ4v) is 3.67. The predicted octanol–water partition coefficient (Wildman–Crippen LogP) is 3.28. The largest absolute Gasteiger partial charge is 0.755 e. The van der Waals surface area contributed by atoms with Gasteiger partial charge in [-0.2, -0.15) is 0 Å². The number of fused-ring (bicyclic) bond motifs is 2. The number of hydrogen-bond donors (Lipinski definition) is 1. The Labute approximate surface area is 152 Å². The highest BCUT2D eigenvalue weighted by atomic mass is 32.2. The number of ether oxygens (including phenoxy) is 1. The van der Waals surface area contributed by atoms with Crippen molar-refractivity contribution in [3.05, 3.63) is 54.0 Å². The van der Waals surface area contributed by atoms with Gasteiger partial charge in [0.05, 0.1) is 23.7 Å². The lowest BCUT2D eigenvalue weighted by Gasteiger charge is -2.22. The zero-order chi connectivity index (χ0) is 18.3. The van der Waals surface area contributed by atoms with E-state index in [1.165, 1.54) is 13.2 Å². The number of benzene rings is 2. The molecule has 1 N–H and O–H groups in total. The van der Waals surface area contributed by atoms with E-state index in [0.29, 0.717) is 28.9 Å².